The zero-order valence-corrected chi connectivity index (χ0v) is 17.4. The number of sulfone groups is 1. The van der Waals surface area contributed by atoms with Crippen molar-refractivity contribution in [3.63, 3.8) is 0 Å². The van der Waals surface area contributed by atoms with Crippen LogP contribution in [0.1, 0.15) is 12.0 Å². The van der Waals surface area contributed by atoms with Crippen LogP contribution in [0, 0.1) is 0 Å². The third-order valence-corrected chi connectivity index (χ3v) is 6.87. The number of para-hydroxylation sites is 1. The molecule has 0 aromatic heterocycles. The molecule has 0 spiro atoms. The number of hydrogen-bond donors (Lipinski definition) is 1. The number of aliphatic hydroxyl groups excluding tert-OH is 1. The molecule has 146 valence electrons. The van der Waals surface area contributed by atoms with E-state index < -0.39 is 15.9 Å². The first-order valence-corrected chi connectivity index (χ1v) is 11.6. The molecule has 0 saturated carbocycles. The number of halogens is 1. The predicted octanol–water partition coefficient (Wildman–Crippen LogP) is 2.88. The van der Waals surface area contributed by atoms with Gasteiger partial charge in [-0.1, -0.05) is 46.3 Å². The summed E-state index contributed by atoms with van der Waals surface area (Å²) in [6.45, 7) is 1.11. The van der Waals surface area contributed by atoms with Gasteiger partial charge in [-0.25, -0.2) is 8.42 Å². The van der Waals surface area contributed by atoms with Gasteiger partial charge in [0.25, 0.3) is 0 Å². The number of benzene rings is 2. The van der Waals surface area contributed by atoms with Gasteiger partial charge in [-0.05, 0) is 36.2 Å². The number of nitrogens with zero attached hydrogens (tertiary/aromatic N) is 1. The molecular formula is C20H24BrNO4S. The molecule has 7 heteroatoms. The second-order valence-electron chi connectivity index (χ2n) is 6.89. The van der Waals surface area contributed by atoms with Gasteiger partial charge >= 0.3 is 0 Å². The first kappa shape index (κ1) is 20.3. The van der Waals surface area contributed by atoms with Gasteiger partial charge in [0, 0.05) is 23.6 Å². The normalized spacial score (nSPS) is 19.9. The molecule has 2 unspecified atom stereocenters. The van der Waals surface area contributed by atoms with Crippen LogP contribution in [0.2, 0.25) is 0 Å². The third kappa shape index (κ3) is 6.31. The average Bonchev–Trinajstić information content (AvgIpc) is 3.00. The lowest BCUT2D eigenvalue weighted by Crippen LogP contribution is -2.42. The summed E-state index contributed by atoms with van der Waals surface area (Å²) in [5, 5.41) is 10.5. The van der Waals surface area contributed by atoms with E-state index in [0.717, 1.165) is 10.0 Å². The van der Waals surface area contributed by atoms with Crippen molar-refractivity contribution in [3.8, 4) is 5.75 Å². The van der Waals surface area contributed by atoms with Crippen LogP contribution in [0.5, 0.6) is 5.75 Å². The lowest BCUT2D eigenvalue weighted by molar-refractivity contribution is 0.0525. The summed E-state index contributed by atoms with van der Waals surface area (Å²) in [6, 6.07) is 17.2. The summed E-state index contributed by atoms with van der Waals surface area (Å²) in [6.07, 6.45) is -0.108. The van der Waals surface area contributed by atoms with Crippen molar-refractivity contribution in [1.82, 2.24) is 4.90 Å². The highest BCUT2D eigenvalue weighted by molar-refractivity contribution is 9.10. The van der Waals surface area contributed by atoms with E-state index in [1.165, 1.54) is 0 Å². The molecule has 1 N–H and O–H groups in total. The minimum absolute atomic E-state index is 0.0830. The second-order valence-corrected chi connectivity index (χ2v) is 10.0. The molecule has 2 atom stereocenters. The Morgan fingerprint density at radius 1 is 1.19 bits per heavy atom. The third-order valence-electron chi connectivity index (χ3n) is 4.63. The van der Waals surface area contributed by atoms with Crippen molar-refractivity contribution in [3.05, 3.63) is 64.6 Å². The van der Waals surface area contributed by atoms with Crippen LogP contribution in [0.4, 0.5) is 0 Å². The molecule has 0 amide bonds. The Bertz CT molecular complexity index is 844. The first-order valence-electron chi connectivity index (χ1n) is 8.96. The van der Waals surface area contributed by atoms with E-state index in [9.17, 15) is 13.5 Å². The zero-order valence-electron chi connectivity index (χ0n) is 15.0. The van der Waals surface area contributed by atoms with Gasteiger partial charge in [-0.3, -0.25) is 4.90 Å². The topological polar surface area (TPSA) is 66.8 Å². The summed E-state index contributed by atoms with van der Waals surface area (Å²) < 4.78 is 30.5. The molecule has 1 heterocycles. The molecule has 2 aromatic rings. The second kappa shape index (κ2) is 9.19. The number of hydrogen-bond acceptors (Lipinski definition) is 5. The number of rotatable bonds is 8. The molecule has 0 radical (unpaired) electrons. The largest absolute Gasteiger partial charge is 0.491 e. The van der Waals surface area contributed by atoms with Gasteiger partial charge in [0.2, 0.25) is 0 Å². The lowest BCUT2D eigenvalue weighted by atomic mass is 10.1. The van der Waals surface area contributed by atoms with Crippen LogP contribution in [0.25, 0.3) is 0 Å². The van der Waals surface area contributed by atoms with Gasteiger partial charge in [0.15, 0.2) is 9.84 Å². The Morgan fingerprint density at radius 3 is 2.63 bits per heavy atom. The molecule has 1 saturated heterocycles. The monoisotopic (exact) mass is 453 g/mol. The van der Waals surface area contributed by atoms with Crippen LogP contribution in [0.15, 0.2) is 59.1 Å². The number of aliphatic hydroxyl groups is 1. The van der Waals surface area contributed by atoms with E-state index in [1.807, 2.05) is 54.6 Å². The van der Waals surface area contributed by atoms with E-state index in [-0.39, 0.29) is 24.2 Å². The Labute approximate surface area is 169 Å². The quantitative estimate of drug-likeness (QED) is 0.665. The van der Waals surface area contributed by atoms with Crippen molar-refractivity contribution in [1.29, 1.82) is 0 Å². The van der Waals surface area contributed by atoms with Gasteiger partial charge < -0.3 is 9.84 Å². The Hall–Kier alpha value is -1.41. The van der Waals surface area contributed by atoms with Crippen LogP contribution >= 0.6 is 15.9 Å². The molecule has 3 rings (SSSR count). The van der Waals surface area contributed by atoms with Gasteiger partial charge in [0.1, 0.15) is 18.5 Å². The van der Waals surface area contributed by atoms with E-state index in [0.29, 0.717) is 25.3 Å². The molecule has 5 nitrogen and oxygen atoms in total. The molecule has 1 aliphatic rings. The maximum atomic E-state index is 11.9. The summed E-state index contributed by atoms with van der Waals surface area (Å²) in [7, 11) is -3.00. The summed E-state index contributed by atoms with van der Waals surface area (Å²) >= 11 is 3.47. The Morgan fingerprint density at radius 2 is 1.96 bits per heavy atom. The van der Waals surface area contributed by atoms with Crippen molar-refractivity contribution in [2.24, 2.45) is 0 Å². The van der Waals surface area contributed by atoms with Crippen LogP contribution < -0.4 is 4.74 Å². The van der Waals surface area contributed by atoms with Crippen LogP contribution in [-0.2, 0) is 16.4 Å². The summed E-state index contributed by atoms with van der Waals surface area (Å²) in [4.78, 5) is 2.06. The maximum Gasteiger partial charge on any atom is 0.151 e. The fourth-order valence-electron chi connectivity index (χ4n) is 3.31. The van der Waals surface area contributed by atoms with E-state index in [1.54, 1.807) is 0 Å². The minimum atomic E-state index is -3.00. The van der Waals surface area contributed by atoms with Crippen molar-refractivity contribution < 1.29 is 18.3 Å². The summed E-state index contributed by atoms with van der Waals surface area (Å²) in [5.74, 6) is 1.06. The molecule has 1 aliphatic heterocycles. The highest BCUT2D eigenvalue weighted by Crippen LogP contribution is 2.22. The maximum absolute atomic E-state index is 11.9. The van der Waals surface area contributed by atoms with Crippen LogP contribution in [-0.4, -0.2) is 55.2 Å². The lowest BCUT2D eigenvalue weighted by Gasteiger charge is -2.30. The molecule has 2 aromatic carbocycles. The highest BCUT2D eigenvalue weighted by atomic mass is 79.9. The summed E-state index contributed by atoms with van der Waals surface area (Å²) in [5.41, 5.74) is 1.07. The van der Waals surface area contributed by atoms with Gasteiger partial charge in [-0.2, -0.15) is 0 Å². The Kier molecular flexibility index (Phi) is 6.92. The van der Waals surface area contributed by atoms with E-state index in [4.69, 9.17) is 4.74 Å². The molecular weight excluding hydrogens is 430 g/mol. The molecule has 1 fully saturated rings. The Balaban J connectivity index is 1.65. The molecule has 27 heavy (non-hydrogen) atoms. The van der Waals surface area contributed by atoms with Gasteiger partial charge in [-0.15, -0.1) is 0 Å². The zero-order chi connectivity index (χ0) is 19.3. The van der Waals surface area contributed by atoms with Crippen molar-refractivity contribution in [2.75, 3.05) is 24.7 Å². The molecule has 0 aliphatic carbocycles. The molecule has 0 bridgehead atoms. The van der Waals surface area contributed by atoms with E-state index in [2.05, 4.69) is 20.8 Å². The highest BCUT2D eigenvalue weighted by Gasteiger charge is 2.33. The van der Waals surface area contributed by atoms with Crippen LogP contribution in [0.3, 0.4) is 0 Å². The fourth-order valence-corrected chi connectivity index (χ4v) is 5.52. The van der Waals surface area contributed by atoms with Crippen molar-refractivity contribution >= 4 is 25.8 Å². The first-order chi connectivity index (χ1) is 12.9. The number of ether oxygens (including phenoxy) is 1. The van der Waals surface area contributed by atoms with E-state index >= 15 is 0 Å². The standard InChI is InChI=1S/C20H24BrNO4S/c21-17-6-4-5-16(11-17)12-22(18-9-10-27(24,25)15-18)13-19(23)14-26-20-7-2-1-3-8-20/h1-8,11,18-19,23H,9-10,12-15H2. The minimum Gasteiger partial charge on any atom is -0.491 e. The predicted molar refractivity (Wildman–Crippen MR) is 110 cm³/mol. The fraction of sp³-hybridized carbons (Fsp3) is 0.400. The van der Waals surface area contributed by atoms with Crippen molar-refractivity contribution in [2.45, 2.75) is 25.1 Å². The van der Waals surface area contributed by atoms with Gasteiger partial charge in [0.05, 0.1) is 11.5 Å². The smallest absolute Gasteiger partial charge is 0.151 e. The SMILES string of the molecule is O=S1(=O)CCC(N(Cc2cccc(Br)c2)CC(O)COc2ccccc2)C1. The average molecular weight is 454 g/mol.